The fraction of sp³-hybridized carbons (Fsp3) is 1.00. The van der Waals surface area contributed by atoms with Crippen molar-refractivity contribution in [2.24, 2.45) is 0 Å². The molecule has 0 bridgehead atoms. The molecule has 0 unspecified atom stereocenters. The van der Waals surface area contributed by atoms with Crippen molar-refractivity contribution >= 4 is 0 Å². The van der Waals surface area contributed by atoms with Gasteiger partial charge in [-0.3, -0.25) is 0 Å². The van der Waals surface area contributed by atoms with Crippen LogP contribution < -0.4 is 17.0 Å². The Balaban J connectivity index is 0. The first kappa shape index (κ1) is 20.7. The van der Waals surface area contributed by atoms with Crippen molar-refractivity contribution < 1.29 is 26.6 Å². The van der Waals surface area contributed by atoms with Crippen LogP contribution in [0.25, 0.3) is 0 Å². The van der Waals surface area contributed by atoms with Gasteiger partial charge in [-0.1, -0.05) is 58.3 Å². The lowest BCUT2D eigenvalue weighted by atomic mass is 10.1. The second kappa shape index (κ2) is 13.8. The van der Waals surface area contributed by atoms with Gasteiger partial charge in [-0.15, -0.1) is 0 Å². The van der Waals surface area contributed by atoms with Gasteiger partial charge >= 0.3 is 0 Å². The summed E-state index contributed by atoms with van der Waals surface area (Å²) < 4.78 is 0.747. The van der Waals surface area contributed by atoms with Gasteiger partial charge in [-0.25, -0.2) is 0 Å². The Kier molecular flexibility index (Phi) is 15.9. The van der Waals surface area contributed by atoms with Crippen LogP contribution in [0, 0.1) is 0 Å². The molecule has 1 N–H and O–H groups in total. The van der Waals surface area contributed by atoms with Crippen molar-refractivity contribution in [1.82, 2.24) is 0 Å². The summed E-state index contributed by atoms with van der Waals surface area (Å²) in [5.74, 6) is 0. The zero-order valence-corrected chi connectivity index (χ0v) is 14.3. The first-order chi connectivity index (χ1) is 8.12. The lowest BCUT2D eigenvalue weighted by Crippen LogP contribution is -3.00. The Labute approximate surface area is 125 Å². The minimum Gasteiger partial charge on any atom is -1.00 e. The van der Waals surface area contributed by atoms with E-state index in [4.69, 9.17) is 5.11 Å². The highest BCUT2D eigenvalue weighted by Crippen LogP contribution is 2.11. The van der Waals surface area contributed by atoms with Gasteiger partial charge in [0.15, 0.2) is 6.73 Å². The lowest BCUT2D eigenvalue weighted by molar-refractivity contribution is -0.909. The number of halogens is 1. The number of quaternary nitrogens is 1. The molecule has 0 saturated carbocycles. The smallest absolute Gasteiger partial charge is 0.179 e. The number of rotatable bonds is 12. The van der Waals surface area contributed by atoms with Crippen LogP contribution >= 0.6 is 0 Å². The molecule has 0 aromatic heterocycles. The van der Waals surface area contributed by atoms with E-state index < -0.39 is 0 Å². The maximum atomic E-state index is 9.11. The van der Waals surface area contributed by atoms with E-state index in [1.165, 1.54) is 64.2 Å². The summed E-state index contributed by atoms with van der Waals surface area (Å²) in [5, 5.41) is 9.11. The van der Waals surface area contributed by atoms with Crippen molar-refractivity contribution in [2.45, 2.75) is 71.1 Å². The molecule has 0 aromatic carbocycles. The SMILES string of the molecule is CCCCCCCCCCCC[N+](C)(C)CO.[Br-]. The van der Waals surface area contributed by atoms with Gasteiger partial charge in [-0.05, 0) is 12.8 Å². The molecule has 0 fully saturated rings. The Bertz CT molecular complexity index is 163. The van der Waals surface area contributed by atoms with E-state index >= 15 is 0 Å². The molecular weight excluding hydrogens is 290 g/mol. The van der Waals surface area contributed by atoms with E-state index in [9.17, 15) is 0 Å². The zero-order valence-electron chi connectivity index (χ0n) is 12.8. The molecule has 0 rings (SSSR count). The van der Waals surface area contributed by atoms with Crippen molar-refractivity contribution in [3.05, 3.63) is 0 Å². The van der Waals surface area contributed by atoms with Crippen LogP contribution in [-0.4, -0.2) is 37.0 Å². The van der Waals surface area contributed by atoms with Crippen LogP contribution in [0.4, 0.5) is 0 Å². The van der Waals surface area contributed by atoms with Crippen molar-refractivity contribution in [2.75, 3.05) is 27.4 Å². The number of aliphatic hydroxyl groups is 1. The average molecular weight is 324 g/mol. The Hall–Kier alpha value is 0.400. The Morgan fingerprint density at radius 3 is 1.50 bits per heavy atom. The molecule has 18 heavy (non-hydrogen) atoms. The fourth-order valence-electron chi connectivity index (χ4n) is 2.10. The molecule has 0 saturated heterocycles. The van der Waals surface area contributed by atoms with Crippen LogP contribution in [0.3, 0.4) is 0 Å². The van der Waals surface area contributed by atoms with Gasteiger partial charge in [0.05, 0.1) is 20.6 Å². The monoisotopic (exact) mass is 323 g/mol. The normalized spacial score (nSPS) is 11.3. The van der Waals surface area contributed by atoms with Gasteiger partial charge in [0.25, 0.3) is 0 Å². The molecule has 112 valence electrons. The molecule has 0 amide bonds. The second-order valence-electron chi connectivity index (χ2n) is 5.98. The third-order valence-corrected chi connectivity index (χ3v) is 3.50. The maximum Gasteiger partial charge on any atom is 0.179 e. The molecule has 0 aliphatic carbocycles. The number of hydrogen-bond acceptors (Lipinski definition) is 1. The summed E-state index contributed by atoms with van der Waals surface area (Å²) in [6.07, 6.45) is 13.8. The Morgan fingerprint density at radius 2 is 1.11 bits per heavy atom. The third kappa shape index (κ3) is 14.5. The highest BCUT2D eigenvalue weighted by molar-refractivity contribution is 4.47. The quantitative estimate of drug-likeness (QED) is 0.322. The molecule has 0 atom stereocenters. The number of aliphatic hydroxyl groups excluding tert-OH is 1. The van der Waals surface area contributed by atoms with E-state index in [1.807, 2.05) is 0 Å². The summed E-state index contributed by atoms with van der Waals surface area (Å²) in [6, 6.07) is 0. The summed E-state index contributed by atoms with van der Waals surface area (Å²) >= 11 is 0. The van der Waals surface area contributed by atoms with Crippen LogP contribution in [0.1, 0.15) is 71.1 Å². The second-order valence-corrected chi connectivity index (χ2v) is 5.98. The van der Waals surface area contributed by atoms with E-state index in [1.54, 1.807) is 0 Å². The molecule has 2 nitrogen and oxygen atoms in total. The van der Waals surface area contributed by atoms with Crippen molar-refractivity contribution in [1.29, 1.82) is 0 Å². The average Bonchev–Trinajstić information content (AvgIpc) is 2.31. The van der Waals surface area contributed by atoms with Gasteiger partial charge in [0, 0.05) is 0 Å². The van der Waals surface area contributed by atoms with Gasteiger partial charge < -0.3 is 26.6 Å². The Morgan fingerprint density at radius 1 is 0.722 bits per heavy atom. The highest BCUT2D eigenvalue weighted by Gasteiger charge is 2.11. The van der Waals surface area contributed by atoms with E-state index in [2.05, 4.69) is 21.0 Å². The minimum atomic E-state index is 0. The topological polar surface area (TPSA) is 20.2 Å². The number of nitrogens with zero attached hydrogens (tertiary/aromatic N) is 1. The molecule has 0 aromatic rings. The molecule has 0 radical (unpaired) electrons. The summed E-state index contributed by atoms with van der Waals surface area (Å²) in [5.41, 5.74) is 0. The summed E-state index contributed by atoms with van der Waals surface area (Å²) in [4.78, 5) is 0. The van der Waals surface area contributed by atoms with E-state index in [-0.39, 0.29) is 23.7 Å². The van der Waals surface area contributed by atoms with Crippen LogP contribution in [-0.2, 0) is 0 Å². The van der Waals surface area contributed by atoms with Gasteiger partial charge in [-0.2, -0.15) is 0 Å². The van der Waals surface area contributed by atoms with E-state index in [0.29, 0.717) is 0 Å². The standard InChI is InChI=1S/C15H34NO.BrH/c1-4-5-6-7-8-9-10-11-12-13-14-16(2,3)15-17;/h17H,4-15H2,1-3H3;1H/q+1;/p-1. The molecule has 3 heteroatoms. The van der Waals surface area contributed by atoms with Crippen LogP contribution in [0.15, 0.2) is 0 Å². The third-order valence-electron chi connectivity index (χ3n) is 3.50. The van der Waals surface area contributed by atoms with Crippen LogP contribution in [0.5, 0.6) is 0 Å². The molecule has 0 heterocycles. The van der Waals surface area contributed by atoms with E-state index in [0.717, 1.165) is 11.0 Å². The molecule has 0 spiro atoms. The number of unbranched alkanes of at least 4 members (excludes halogenated alkanes) is 9. The molecule has 0 aliphatic rings. The molecular formula is C15H34BrNO. The van der Waals surface area contributed by atoms with Crippen LogP contribution in [0.2, 0.25) is 0 Å². The maximum absolute atomic E-state index is 9.11. The largest absolute Gasteiger partial charge is 1.00 e. The van der Waals surface area contributed by atoms with Crippen molar-refractivity contribution in [3.8, 4) is 0 Å². The minimum absolute atomic E-state index is 0. The number of hydrogen-bond donors (Lipinski definition) is 1. The summed E-state index contributed by atoms with van der Waals surface area (Å²) in [7, 11) is 4.18. The fourth-order valence-corrected chi connectivity index (χ4v) is 2.10. The van der Waals surface area contributed by atoms with Gasteiger partial charge in [0.1, 0.15) is 0 Å². The zero-order chi connectivity index (χ0) is 13.0. The van der Waals surface area contributed by atoms with Gasteiger partial charge in [0.2, 0.25) is 0 Å². The first-order valence-corrected chi connectivity index (χ1v) is 7.55. The highest BCUT2D eigenvalue weighted by atomic mass is 79.9. The lowest BCUT2D eigenvalue weighted by Gasteiger charge is -2.26. The summed E-state index contributed by atoms with van der Waals surface area (Å²) in [6.45, 7) is 3.64. The first-order valence-electron chi connectivity index (χ1n) is 7.55. The predicted molar refractivity (Wildman–Crippen MR) is 75.9 cm³/mol. The predicted octanol–water partition coefficient (Wildman–Crippen LogP) is 0.938. The molecule has 0 aliphatic heterocycles. The van der Waals surface area contributed by atoms with Crippen molar-refractivity contribution in [3.63, 3.8) is 0 Å².